The predicted molar refractivity (Wildman–Crippen MR) is 91.8 cm³/mol. The van der Waals surface area contributed by atoms with Gasteiger partial charge >= 0.3 is 0 Å². The first-order chi connectivity index (χ1) is 11.7. The summed E-state index contributed by atoms with van der Waals surface area (Å²) in [6, 6.07) is 6.99. The van der Waals surface area contributed by atoms with E-state index < -0.39 is 0 Å². The summed E-state index contributed by atoms with van der Waals surface area (Å²) in [5, 5.41) is 4.45. The third kappa shape index (κ3) is 3.37. The Morgan fingerprint density at radius 3 is 2.71 bits per heavy atom. The maximum absolute atomic E-state index is 13.0. The average molecular weight is 328 g/mol. The molecule has 4 nitrogen and oxygen atoms in total. The first-order valence-electron chi connectivity index (χ1n) is 8.91. The van der Waals surface area contributed by atoms with Crippen LogP contribution in [0.25, 0.3) is 0 Å². The summed E-state index contributed by atoms with van der Waals surface area (Å²) in [5.74, 6) is 1.25. The van der Waals surface area contributed by atoms with E-state index in [-0.39, 0.29) is 5.82 Å². The quantitative estimate of drug-likeness (QED) is 0.938. The Hall–Kier alpha value is -1.72. The summed E-state index contributed by atoms with van der Waals surface area (Å²) >= 11 is 0. The minimum atomic E-state index is -0.200. The Morgan fingerprint density at radius 1 is 1.08 bits per heavy atom. The highest BCUT2D eigenvalue weighted by atomic mass is 19.1. The summed E-state index contributed by atoms with van der Waals surface area (Å²) in [5.41, 5.74) is 8.61. The highest BCUT2D eigenvalue weighted by molar-refractivity contribution is 5.17. The van der Waals surface area contributed by atoms with Crippen LogP contribution in [0.5, 0.6) is 0 Å². The molecule has 3 unspecified atom stereocenters. The number of aromatic nitrogens is 2. The molecule has 2 heterocycles. The lowest BCUT2D eigenvalue weighted by Crippen LogP contribution is -2.38. The number of hydrogen-bond acceptors (Lipinski definition) is 3. The van der Waals surface area contributed by atoms with Crippen LogP contribution in [-0.2, 0) is 13.1 Å². The molecule has 2 N–H and O–H groups in total. The number of hydrogen-bond donors (Lipinski definition) is 1. The standard InChI is InChI=1S/C19H25FN4/c20-17-6-4-14(5-7-17)10-24-11-15(8-22-24)9-23-12-16-2-1-3-19(21)18(16)13-23/h4-8,11,16,18-19H,1-3,9-10,12-13,21H2. The number of nitrogens with two attached hydrogens (primary N) is 1. The number of rotatable bonds is 4. The molecule has 1 saturated heterocycles. The zero-order chi connectivity index (χ0) is 16.5. The van der Waals surface area contributed by atoms with Crippen molar-refractivity contribution in [3.8, 4) is 0 Å². The monoisotopic (exact) mass is 328 g/mol. The van der Waals surface area contributed by atoms with E-state index >= 15 is 0 Å². The molecule has 1 saturated carbocycles. The molecule has 1 aliphatic carbocycles. The maximum atomic E-state index is 13.0. The van der Waals surface area contributed by atoms with Crippen molar-refractivity contribution in [2.24, 2.45) is 17.6 Å². The van der Waals surface area contributed by atoms with Crippen LogP contribution in [0.4, 0.5) is 4.39 Å². The zero-order valence-electron chi connectivity index (χ0n) is 13.9. The van der Waals surface area contributed by atoms with Crippen molar-refractivity contribution in [3.05, 3.63) is 53.6 Å². The molecule has 0 radical (unpaired) electrons. The van der Waals surface area contributed by atoms with Crippen molar-refractivity contribution in [1.29, 1.82) is 0 Å². The topological polar surface area (TPSA) is 47.1 Å². The molecule has 24 heavy (non-hydrogen) atoms. The van der Waals surface area contributed by atoms with E-state index in [0.717, 1.165) is 24.6 Å². The van der Waals surface area contributed by atoms with Gasteiger partial charge in [0.2, 0.25) is 0 Å². The van der Waals surface area contributed by atoms with E-state index in [4.69, 9.17) is 5.73 Å². The van der Waals surface area contributed by atoms with Crippen molar-refractivity contribution in [2.45, 2.75) is 38.4 Å². The fourth-order valence-corrected chi connectivity index (χ4v) is 4.35. The van der Waals surface area contributed by atoms with E-state index in [1.165, 1.54) is 43.5 Å². The minimum Gasteiger partial charge on any atom is -0.327 e. The molecule has 1 aliphatic heterocycles. The van der Waals surface area contributed by atoms with Crippen LogP contribution in [0.1, 0.15) is 30.4 Å². The summed E-state index contributed by atoms with van der Waals surface area (Å²) in [4.78, 5) is 2.53. The Balaban J connectivity index is 1.36. The van der Waals surface area contributed by atoms with Crippen LogP contribution in [0.2, 0.25) is 0 Å². The van der Waals surface area contributed by atoms with Gasteiger partial charge in [-0.1, -0.05) is 18.6 Å². The van der Waals surface area contributed by atoms with Gasteiger partial charge in [0.1, 0.15) is 5.82 Å². The highest BCUT2D eigenvalue weighted by Crippen LogP contribution is 2.35. The van der Waals surface area contributed by atoms with E-state index in [1.807, 2.05) is 23.0 Å². The average Bonchev–Trinajstić information content (AvgIpc) is 3.17. The van der Waals surface area contributed by atoms with Crippen molar-refractivity contribution < 1.29 is 4.39 Å². The SMILES string of the molecule is NC1CCCC2CN(Cc3cnn(Cc4ccc(F)cc4)c3)CC12. The fourth-order valence-electron chi connectivity index (χ4n) is 4.35. The molecular weight excluding hydrogens is 303 g/mol. The Bertz CT molecular complexity index is 681. The third-order valence-corrected chi connectivity index (χ3v) is 5.58. The van der Waals surface area contributed by atoms with Gasteiger partial charge in [0.25, 0.3) is 0 Å². The van der Waals surface area contributed by atoms with Crippen LogP contribution in [-0.4, -0.2) is 33.8 Å². The molecule has 3 atom stereocenters. The van der Waals surface area contributed by atoms with Gasteiger partial charge < -0.3 is 5.73 Å². The number of nitrogens with zero attached hydrogens (tertiary/aromatic N) is 3. The van der Waals surface area contributed by atoms with E-state index in [9.17, 15) is 4.39 Å². The second-order valence-corrected chi connectivity index (χ2v) is 7.39. The van der Waals surface area contributed by atoms with Crippen molar-refractivity contribution >= 4 is 0 Å². The number of benzene rings is 1. The molecule has 1 aromatic heterocycles. The number of halogens is 1. The first-order valence-corrected chi connectivity index (χ1v) is 8.91. The maximum Gasteiger partial charge on any atom is 0.123 e. The molecule has 0 spiro atoms. The molecule has 0 bridgehead atoms. The Kier molecular flexibility index (Phi) is 4.37. The summed E-state index contributed by atoms with van der Waals surface area (Å²) in [6.45, 7) is 3.91. The molecule has 2 aromatic rings. The number of fused-ring (bicyclic) bond motifs is 1. The van der Waals surface area contributed by atoms with Gasteiger partial charge in [-0.2, -0.15) is 5.10 Å². The molecule has 1 aromatic carbocycles. The van der Waals surface area contributed by atoms with Crippen LogP contribution in [0.15, 0.2) is 36.7 Å². The smallest absolute Gasteiger partial charge is 0.123 e. The van der Waals surface area contributed by atoms with Crippen LogP contribution in [0, 0.1) is 17.7 Å². The first kappa shape index (κ1) is 15.8. The lowest BCUT2D eigenvalue weighted by atomic mass is 9.78. The second-order valence-electron chi connectivity index (χ2n) is 7.39. The van der Waals surface area contributed by atoms with Crippen LogP contribution < -0.4 is 5.73 Å². The van der Waals surface area contributed by atoms with E-state index in [0.29, 0.717) is 18.5 Å². The van der Waals surface area contributed by atoms with Crippen LogP contribution in [0.3, 0.4) is 0 Å². The highest BCUT2D eigenvalue weighted by Gasteiger charge is 2.38. The van der Waals surface area contributed by atoms with Gasteiger partial charge in [-0.05, 0) is 42.4 Å². The lowest BCUT2D eigenvalue weighted by molar-refractivity contribution is 0.259. The van der Waals surface area contributed by atoms with Gasteiger partial charge in [0.05, 0.1) is 12.7 Å². The van der Waals surface area contributed by atoms with Gasteiger partial charge in [-0.25, -0.2) is 4.39 Å². The second kappa shape index (κ2) is 6.65. The van der Waals surface area contributed by atoms with Gasteiger partial charge in [0, 0.05) is 37.4 Å². The Labute approximate surface area is 142 Å². The van der Waals surface area contributed by atoms with Crippen molar-refractivity contribution in [1.82, 2.24) is 14.7 Å². The number of likely N-dealkylation sites (tertiary alicyclic amines) is 1. The molecule has 0 amide bonds. The summed E-state index contributed by atoms with van der Waals surface area (Å²) in [7, 11) is 0. The van der Waals surface area contributed by atoms with Crippen molar-refractivity contribution in [2.75, 3.05) is 13.1 Å². The molecule has 5 heteroatoms. The predicted octanol–water partition coefficient (Wildman–Crippen LogP) is 2.63. The van der Waals surface area contributed by atoms with Gasteiger partial charge in [-0.15, -0.1) is 0 Å². The normalized spacial score (nSPS) is 27.3. The lowest BCUT2D eigenvalue weighted by Gasteiger charge is -2.29. The molecule has 128 valence electrons. The summed E-state index contributed by atoms with van der Waals surface area (Å²) < 4.78 is 14.9. The molecular formula is C19H25FN4. The van der Waals surface area contributed by atoms with Gasteiger partial charge in [-0.3, -0.25) is 9.58 Å². The van der Waals surface area contributed by atoms with Gasteiger partial charge in [0.15, 0.2) is 0 Å². The minimum absolute atomic E-state index is 0.200. The van der Waals surface area contributed by atoms with Crippen LogP contribution >= 0.6 is 0 Å². The molecule has 2 aliphatic rings. The zero-order valence-corrected chi connectivity index (χ0v) is 13.9. The Morgan fingerprint density at radius 2 is 1.92 bits per heavy atom. The third-order valence-electron chi connectivity index (χ3n) is 5.58. The van der Waals surface area contributed by atoms with Crippen molar-refractivity contribution in [3.63, 3.8) is 0 Å². The molecule has 2 fully saturated rings. The molecule has 4 rings (SSSR count). The largest absolute Gasteiger partial charge is 0.327 e. The summed E-state index contributed by atoms with van der Waals surface area (Å²) in [6.07, 6.45) is 7.85. The fraction of sp³-hybridized carbons (Fsp3) is 0.526. The van der Waals surface area contributed by atoms with E-state index in [1.54, 1.807) is 0 Å². The van der Waals surface area contributed by atoms with E-state index in [2.05, 4.69) is 16.2 Å².